The highest BCUT2D eigenvalue weighted by Crippen LogP contribution is 2.17. The van der Waals surface area contributed by atoms with Crippen molar-refractivity contribution in [1.82, 2.24) is 0 Å². The first kappa shape index (κ1) is 11.5. The summed E-state index contributed by atoms with van der Waals surface area (Å²) in [4.78, 5) is 14.2. The number of esters is 1. The average molecular weight is 248 g/mol. The van der Waals surface area contributed by atoms with Gasteiger partial charge in [-0.3, -0.25) is 4.84 Å². The molecule has 0 saturated carbocycles. The molecule has 0 bridgehead atoms. The molecule has 0 aliphatic rings. The molecule has 0 heterocycles. The fourth-order valence-electron chi connectivity index (χ4n) is 1.33. The Balaban J connectivity index is 2.08. The van der Waals surface area contributed by atoms with Crippen molar-refractivity contribution in [2.45, 2.75) is 0 Å². The minimum absolute atomic E-state index is 0.378. The van der Waals surface area contributed by atoms with Crippen LogP contribution in [0, 0.1) is 0 Å². The molecule has 86 valence electrons. The standard InChI is InChI=1S/C13H10ClNO2/c14-15-11-6-8-12(9-7-11)17-13(16)10-4-2-1-3-5-10/h1-9,15H. The van der Waals surface area contributed by atoms with Crippen molar-refractivity contribution in [2.75, 3.05) is 4.84 Å². The maximum Gasteiger partial charge on any atom is 0.343 e. The number of hydrogen-bond acceptors (Lipinski definition) is 3. The number of nitrogens with one attached hydrogen (secondary N) is 1. The van der Waals surface area contributed by atoms with E-state index in [2.05, 4.69) is 4.84 Å². The third-order valence-corrected chi connectivity index (χ3v) is 2.40. The molecular formula is C13H10ClNO2. The summed E-state index contributed by atoms with van der Waals surface area (Å²) in [5, 5.41) is 0. The highest BCUT2D eigenvalue weighted by atomic mass is 35.5. The molecule has 0 fully saturated rings. The highest BCUT2D eigenvalue weighted by molar-refractivity contribution is 6.23. The third kappa shape index (κ3) is 2.98. The molecule has 0 saturated heterocycles. The minimum atomic E-state index is -0.378. The smallest absolute Gasteiger partial charge is 0.343 e. The summed E-state index contributed by atoms with van der Waals surface area (Å²) in [6.07, 6.45) is 0. The molecule has 0 spiro atoms. The van der Waals surface area contributed by atoms with Gasteiger partial charge in [-0.25, -0.2) is 4.79 Å². The topological polar surface area (TPSA) is 38.3 Å². The molecule has 4 heteroatoms. The van der Waals surface area contributed by atoms with Gasteiger partial charge in [0.15, 0.2) is 0 Å². The quantitative estimate of drug-likeness (QED) is 0.513. The first-order chi connectivity index (χ1) is 8.29. The number of ether oxygens (including phenoxy) is 1. The van der Waals surface area contributed by atoms with E-state index in [4.69, 9.17) is 16.5 Å². The molecule has 0 unspecified atom stereocenters. The molecule has 3 nitrogen and oxygen atoms in total. The Kier molecular flexibility index (Phi) is 3.62. The second kappa shape index (κ2) is 5.37. The Morgan fingerprint density at radius 2 is 1.65 bits per heavy atom. The molecule has 2 aromatic carbocycles. The zero-order valence-electron chi connectivity index (χ0n) is 8.89. The lowest BCUT2D eigenvalue weighted by Crippen LogP contribution is -2.07. The Morgan fingerprint density at radius 1 is 1.00 bits per heavy atom. The Hall–Kier alpha value is -2.00. The summed E-state index contributed by atoms with van der Waals surface area (Å²) in [6, 6.07) is 15.6. The van der Waals surface area contributed by atoms with Crippen molar-refractivity contribution in [2.24, 2.45) is 0 Å². The van der Waals surface area contributed by atoms with Gasteiger partial charge >= 0.3 is 5.97 Å². The van der Waals surface area contributed by atoms with Crippen molar-refractivity contribution in [3.63, 3.8) is 0 Å². The van der Waals surface area contributed by atoms with Gasteiger partial charge in [0.2, 0.25) is 0 Å². The zero-order valence-corrected chi connectivity index (χ0v) is 9.65. The van der Waals surface area contributed by atoms with Crippen LogP contribution in [-0.2, 0) is 0 Å². The Morgan fingerprint density at radius 3 is 2.24 bits per heavy atom. The molecule has 17 heavy (non-hydrogen) atoms. The predicted octanol–water partition coefficient (Wildman–Crippen LogP) is 3.47. The van der Waals surface area contributed by atoms with E-state index in [9.17, 15) is 4.79 Å². The lowest BCUT2D eigenvalue weighted by Gasteiger charge is -2.04. The maximum atomic E-state index is 11.7. The van der Waals surface area contributed by atoms with E-state index < -0.39 is 0 Å². The summed E-state index contributed by atoms with van der Waals surface area (Å²) < 4.78 is 5.19. The van der Waals surface area contributed by atoms with E-state index in [-0.39, 0.29) is 5.97 Å². The van der Waals surface area contributed by atoms with Gasteiger partial charge in [0.25, 0.3) is 0 Å². The van der Waals surface area contributed by atoms with E-state index in [0.29, 0.717) is 11.3 Å². The van der Waals surface area contributed by atoms with Crippen molar-refractivity contribution in [1.29, 1.82) is 0 Å². The zero-order chi connectivity index (χ0) is 12.1. The number of carbonyl (C=O) groups excluding carboxylic acids is 1. The number of halogens is 1. The molecule has 2 rings (SSSR count). The van der Waals surface area contributed by atoms with Crippen molar-refractivity contribution in [3.8, 4) is 5.75 Å². The van der Waals surface area contributed by atoms with Crippen LogP contribution < -0.4 is 9.57 Å². The maximum absolute atomic E-state index is 11.7. The second-order valence-corrected chi connectivity index (χ2v) is 3.56. The normalized spacial score (nSPS) is 9.71. The van der Waals surface area contributed by atoms with Gasteiger partial charge < -0.3 is 4.74 Å². The Bertz CT molecular complexity index is 497. The molecule has 0 radical (unpaired) electrons. The average Bonchev–Trinajstić information content (AvgIpc) is 2.40. The van der Waals surface area contributed by atoms with Crippen LogP contribution in [0.3, 0.4) is 0 Å². The van der Waals surface area contributed by atoms with Gasteiger partial charge in [0, 0.05) is 17.5 Å². The third-order valence-electron chi connectivity index (χ3n) is 2.18. The lowest BCUT2D eigenvalue weighted by atomic mass is 10.2. The summed E-state index contributed by atoms with van der Waals surface area (Å²) in [6.45, 7) is 0. The molecule has 2 aromatic rings. The van der Waals surface area contributed by atoms with Crippen LogP contribution in [-0.4, -0.2) is 5.97 Å². The molecule has 0 amide bonds. The van der Waals surface area contributed by atoms with E-state index >= 15 is 0 Å². The number of anilines is 1. The van der Waals surface area contributed by atoms with E-state index in [1.807, 2.05) is 6.07 Å². The van der Waals surface area contributed by atoms with Gasteiger partial charge in [0.1, 0.15) is 5.75 Å². The summed E-state index contributed by atoms with van der Waals surface area (Å²) in [7, 11) is 0. The summed E-state index contributed by atoms with van der Waals surface area (Å²) in [5.41, 5.74) is 1.26. The molecule has 0 aromatic heterocycles. The molecule has 0 atom stereocenters. The minimum Gasteiger partial charge on any atom is -0.423 e. The number of benzene rings is 2. The van der Waals surface area contributed by atoms with E-state index in [1.165, 1.54) is 0 Å². The Labute approximate surface area is 104 Å². The second-order valence-electron chi connectivity index (χ2n) is 3.37. The largest absolute Gasteiger partial charge is 0.423 e. The summed E-state index contributed by atoms with van der Waals surface area (Å²) in [5.74, 6) is 0.103. The van der Waals surface area contributed by atoms with Crippen LogP contribution in [0.4, 0.5) is 5.69 Å². The fourth-order valence-corrected chi connectivity index (χ4v) is 1.45. The number of hydrogen-bond donors (Lipinski definition) is 1. The van der Waals surface area contributed by atoms with Crippen LogP contribution >= 0.6 is 11.8 Å². The van der Waals surface area contributed by atoms with Gasteiger partial charge in [-0.2, -0.15) is 0 Å². The van der Waals surface area contributed by atoms with Crippen molar-refractivity contribution < 1.29 is 9.53 Å². The highest BCUT2D eigenvalue weighted by Gasteiger charge is 2.07. The predicted molar refractivity (Wildman–Crippen MR) is 67.3 cm³/mol. The molecule has 0 aliphatic heterocycles. The first-order valence-corrected chi connectivity index (χ1v) is 5.41. The van der Waals surface area contributed by atoms with Crippen molar-refractivity contribution >= 4 is 23.4 Å². The lowest BCUT2D eigenvalue weighted by molar-refractivity contribution is 0.0735. The van der Waals surface area contributed by atoms with Crippen LogP contribution in [0.2, 0.25) is 0 Å². The summed E-state index contributed by atoms with van der Waals surface area (Å²) >= 11 is 5.42. The van der Waals surface area contributed by atoms with Crippen molar-refractivity contribution in [3.05, 3.63) is 60.2 Å². The van der Waals surface area contributed by atoms with Crippen LogP contribution in [0.1, 0.15) is 10.4 Å². The monoisotopic (exact) mass is 247 g/mol. The fraction of sp³-hybridized carbons (Fsp3) is 0. The van der Waals surface area contributed by atoms with Crippen LogP contribution in [0.15, 0.2) is 54.6 Å². The SMILES string of the molecule is O=C(Oc1ccc(NCl)cc1)c1ccccc1. The van der Waals surface area contributed by atoms with E-state index in [1.54, 1.807) is 48.5 Å². The number of carbonyl (C=O) groups is 1. The van der Waals surface area contributed by atoms with Crippen LogP contribution in [0.25, 0.3) is 0 Å². The van der Waals surface area contributed by atoms with Gasteiger partial charge in [0.05, 0.1) is 5.56 Å². The van der Waals surface area contributed by atoms with Gasteiger partial charge in [-0.15, -0.1) is 0 Å². The molecule has 1 N–H and O–H groups in total. The first-order valence-electron chi connectivity index (χ1n) is 5.03. The van der Waals surface area contributed by atoms with Gasteiger partial charge in [-0.05, 0) is 36.4 Å². The molecular weight excluding hydrogens is 238 g/mol. The van der Waals surface area contributed by atoms with Gasteiger partial charge in [-0.1, -0.05) is 18.2 Å². The van der Waals surface area contributed by atoms with Crippen LogP contribution in [0.5, 0.6) is 5.75 Å². The number of rotatable bonds is 3. The van der Waals surface area contributed by atoms with E-state index in [0.717, 1.165) is 5.69 Å². The molecule has 0 aliphatic carbocycles.